The van der Waals surface area contributed by atoms with Crippen LogP contribution in [0.4, 0.5) is 0 Å². The van der Waals surface area contributed by atoms with E-state index in [0.717, 1.165) is 11.1 Å². The highest BCUT2D eigenvalue weighted by molar-refractivity contribution is 6.32. The molecule has 0 bridgehead atoms. The Kier molecular flexibility index (Phi) is 7.18. The van der Waals surface area contributed by atoms with Gasteiger partial charge in [0.25, 0.3) is 0 Å². The van der Waals surface area contributed by atoms with Gasteiger partial charge in [0.1, 0.15) is 6.61 Å². The molecule has 0 saturated heterocycles. The largest absolute Gasteiger partial charge is 0.493 e. The first kappa shape index (κ1) is 18.9. The van der Waals surface area contributed by atoms with E-state index in [1.165, 1.54) is 0 Å². The van der Waals surface area contributed by atoms with E-state index in [2.05, 4.69) is 5.32 Å². The lowest BCUT2D eigenvalue weighted by Crippen LogP contribution is -2.23. The van der Waals surface area contributed by atoms with Crippen molar-refractivity contribution in [3.8, 4) is 11.5 Å². The molecule has 0 spiro atoms. The minimum Gasteiger partial charge on any atom is -0.493 e. The zero-order chi connectivity index (χ0) is 17.5. The third-order valence-electron chi connectivity index (χ3n) is 3.33. The fourth-order valence-electron chi connectivity index (χ4n) is 2.22. The predicted molar refractivity (Wildman–Crippen MR) is 97.2 cm³/mol. The van der Waals surface area contributed by atoms with Crippen LogP contribution in [0.1, 0.15) is 18.1 Å². The molecule has 0 fully saturated rings. The Balaban J connectivity index is 2.09. The lowest BCUT2D eigenvalue weighted by atomic mass is 10.2. The summed E-state index contributed by atoms with van der Waals surface area (Å²) < 4.78 is 11.2. The van der Waals surface area contributed by atoms with Crippen LogP contribution < -0.4 is 14.8 Å². The minimum atomic E-state index is -0.400. The van der Waals surface area contributed by atoms with Gasteiger partial charge < -0.3 is 19.9 Å². The fraction of sp³-hybridized carbons (Fsp3) is 0.333. The molecule has 0 aliphatic rings. The van der Waals surface area contributed by atoms with Crippen molar-refractivity contribution in [2.75, 3.05) is 13.7 Å². The number of aliphatic hydroxyl groups is 1. The minimum absolute atomic E-state index is 0.344. The lowest BCUT2D eigenvalue weighted by Gasteiger charge is -2.15. The van der Waals surface area contributed by atoms with Gasteiger partial charge in [0.15, 0.2) is 11.5 Å². The Bertz CT molecular complexity index is 677. The van der Waals surface area contributed by atoms with Gasteiger partial charge in [0.05, 0.1) is 18.2 Å². The number of aliphatic hydroxyl groups excluding tert-OH is 1. The van der Waals surface area contributed by atoms with Crippen molar-refractivity contribution in [1.29, 1.82) is 0 Å². The van der Waals surface area contributed by atoms with E-state index < -0.39 is 6.10 Å². The maximum atomic E-state index is 9.28. The monoisotopic (exact) mass is 369 g/mol. The molecule has 2 aromatic carbocycles. The van der Waals surface area contributed by atoms with E-state index in [9.17, 15) is 5.11 Å². The number of benzene rings is 2. The van der Waals surface area contributed by atoms with Crippen LogP contribution in [0.15, 0.2) is 36.4 Å². The van der Waals surface area contributed by atoms with Crippen LogP contribution in [0.2, 0.25) is 10.0 Å². The van der Waals surface area contributed by atoms with Gasteiger partial charge in [-0.2, -0.15) is 0 Å². The molecule has 6 heteroatoms. The first-order valence-electron chi connectivity index (χ1n) is 7.62. The first-order valence-corrected chi connectivity index (χ1v) is 8.37. The van der Waals surface area contributed by atoms with Crippen LogP contribution >= 0.6 is 23.2 Å². The van der Waals surface area contributed by atoms with Gasteiger partial charge in [0, 0.05) is 18.1 Å². The summed E-state index contributed by atoms with van der Waals surface area (Å²) in [7, 11) is 1.57. The Morgan fingerprint density at radius 2 is 1.96 bits per heavy atom. The quantitative estimate of drug-likeness (QED) is 0.736. The van der Waals surface area contributed by atoms with Gasteiger partial charge >= 0.3 is 0 Å². The molecular weight excluding hydrogens is 349 g/mol. The van der Waals surface area contributed by atoms with E-state index in [1.54, 1.807) is 14.0 Å². The highest BCUT2D eigenvalue weighted by Gasteiger charge is 2.12. The summed E-state index contributed by atoms with van der Waals surface area (Å²) in [4.78, 5) is 0. The molecule has 2 N–H and O–H groups in total. The summed E-state index contributed by atoms with van der Waals surface area (Å²) in [6.07, 6.45) is -0.400. The van der Waals surface area contributed by atoms with E-state index in [-0.39, 0.29) is 0 Å². The second kappa shape index (κ2) is 9.14. The summed E-state index contributed by atoms with van der Waals surface area (Å²) in [5, 5.41) is 13.6. The zero-order valence-corrected chi connectivity index (χ0v) is 15.2. The Hall–Kier alpha value is -1.46. The number of rotatable bonds is 8. The molecule has 24 heavy (non-hydrogen) atoms. The fourth-order valence-corrected chi connectivity index (χ4v) is 2.72. The highest BCUT2D eigenvalue weighted by Crippen LogP contribution is 2.37. The molecule has 0 aliphatic heterocycles. The van der Waals surface area contributed by atoms with Crippen molar-refractivity contribution in [2.24, 2.45) is 0 Å². The average Bonchev–Trinajstić information content (AvgIpc) is 2.53. The average molecular weight is 370 g/mol. The molecule has 2 rings (SSSR count). The topological polar surface area (TPSA) is 50.7 Å². The Labute approximate surface area is 152 Å². The van der Waals surface area contributed by atoms with Crippen LogP contribution in [-0.2, 0) is 13.2 Å². The third kappa shape index (κ3) is 5.56. The molecule has 130 valence electrons. The SMILES string of the molecule is COc1cc(CNC[C@H](C)O)cc(Cl)c1OCc1cccc(Cl)c1. The maximum Gasteiger partial charge on any atom is 0.180 e. The molecule has 1 atom stereocenters. The standard InChI is InChI=1S/C18H21Cl2NO3/c1-12(22)9-21-10-14-7-16(20)18(17(8-14)23-2)24-11-13-4-3-5-15(19)6-13/h3-8,12,21-22H,9-11H2,1-2H3/t12-/m0/s1. The second-order valence-corrected chi connectivity index (χ2v) is 6.35. The normalized spacial score (nSPS) is 12.0. The number of methoxy groups -OCH3 is 1. The molecule has 0 aliphatic carbocycles. The number of nitrogens with one attached hydrogen (secondary N) is 1. The van der Waals surface area contributed by atoms with Gasteiger partial charge in [-0.25, -0.2) is 0 Å². The van der Waals surface area contributed by atoms with Gasteiger partial charge in [0.2, 0.25) is 0 Å². The van der Waals surface area contributed by atoms with Crippen molar-refractivity contribution in [3.05, 3.63) is 57.6 Å². The molecule has 0 heterocycles. The summed E-state index contributed by atoms with van der Waals surface area (Å²) in [5.41, 5.74) is 1.90. The second-order valence-electron chi connectivity index (χ2n) is 5.51. The van der Waals surface area contributed by atoms with Gasteiger partial charge in [-0.15, -0.1) is 0 Å². The number of halogens is 2. The molecule has 0 saturated carbocycles. The van der Waals surface area contributed by atoms with Crippen LogP contribution in [-0.4, -0.2) is 24.9 Å². The molecule has 0 radical (unpaired) electrons. The first-order chi connectivity index (χ1) is 11.5. The number of hydrogen-bond acceptors (Lipinski definition) is 4. The van der Waals surface area contributed by atoms with Crippen LogP contribution in [0, 0.1) is 0 Å². The van der Waals surface area contributed by atoms with Crippen LogP contribution in [0.3, 0.4) is 0 Å². The van der Waals surface area contributed by atoms with E-state index >= 15 is 0 Å². The van der Waals surface area contributed by atoms with E-state index in [0.29, 0.717) is 41.2 Å². The van der Waals surface area contributed by atoms with Crippen molar-refractivity contribution >= 4 is 23.2 Å². The summed E-state index contributed by atoms with van der Waals surface area (Å²) in [5.74, 6) is 1.07. The molecule has 0 unspecified atom stereocenters. The predicted octanol–water partition coefficient (Wildman–Crippen LogP) is 4.05. The van der Waals surface area contributed by atoms with Gasteiger partial charge in [-0.05, 0) is 42.3 Å². The maximum absolute atomic E-state index is 9.28. The Morgan fingerprint density at radius 1 is 1.17 bits per heavy atom. The third-order valence-corrected chi connectivity index (χ3v) is 3.85. The molecule has 2 aromatic rings. The highest BCUT2D eigenvalue weighted by atomic mass is 35.5. The van der Waals surface area contributed by atoms with Crippen LogP contribution in [0.5, 0.6) is 11.5 Å². The zero-order valence-electron chi connectivity index (χ0n) is 13.7. The number of ether oxygens (including phenoxy) is 2. The Morgan fingerprint density at radius 3 is 2.62 bits per heavy atom. The molecule has 4 nitrogen and oxygen atoms in total. The van der Waals surface area contributed by atoms with E-state index in [4.69, 9.17) is 32.7 Å². The van der Waals surface area contributed by atoms with Gasteiger partial charge in [-0.3, -0.25) is 0 Å². The molecule has 0 aromatic heterocycles. The van der Waals surface area contributed by atoms with Gasteiger partial charge in [-0.1, -0.05) is 35.3 Å². The summed E-state index contributed by atoms with van der Waals surface area (Å²) in [6.45, 7) is 3.16. The molecular formula is C18H21Cl2NO3. The van der Waals surface area contributed by atoms with Crippen molar-refractivity contribution in [1.82, 2.24) is 5.32 Å². The summed E-state index contributed by atoms with van der Waals surface area (Å²) >= 11 is 12.3. The van der Waals surface area contributed by atoms with Crippen molar-refractivity contribution in [3.63, 3.8) is 0 Å². The van der Waals surface area contributed by atoms with E-state index in [1.807, 2.05) is 36.4 Å². The van der Waals surface area contributed by atoms with Crippen molar-refractivity contribution in [2.45, 2.75) is 26.2 Å². The molecule has 0 amide bonds. The van der Waals surface area contributed by atoms with Crippen LogP contribution in [0.25, 0.3) is 0 Å². The summed E-state index contributed by atoms with van der Waals surface area (Å²) in [6, 6.07) is 11.2. The van der Waals surface area contributed by atoms with Crippen molar-refractivity contribution < 1.29 is 14.6 Å². The smallest absolute Gasteiger partial charge is 0.180 e. The number of hydrogen-bond donors (Lipinski definition) is 2. The lowest BCUT2D eigenvalue weighted by molar-refractivity contribution is 0.191.